The van der Waals surface area contributed by atoms with Gasteiger partial charge in [0.05, 0.1) is 6.61 Å². The van der Waals surface area contributed by atoms with Crippen LogP contribution in [0.1, 0.15) is 26.2 Å². The van der Waals surface area contributed by atoms with Gasteiger partial charge in [-0.15, -0.1) is 0 Å². The molecule has 0 aliphatic carbocycles. The lowest BCUT2D eigenvalue weighted by Crippen LogP contribution is -2.58. The average Bonchev–Trinajstić information content (AvgIpc) is 2.46. The highest BCUT2D eigenvalue weighted by Gasteiger charge is 2.52. The molecule has 0 saturated carbocycles. The van der Waals surface area contributed by atoms with E-state index in [9.17, 15) is 5.11 Å². The summed E-state index contributed by atoms with van der Waals surface area (Å²) in [5.41, 5.74) is -1.09. The van der Waals surface area contributed by atoms with Crippen molar-refractivity contribution in [3.63, 3.8) is 0 Å². The minimum Gasteiger partial charge on any atom is -0.385 e. The predicted molar refractivity (Wildman–Crippen MR) is 44.0 cm³/mol. The Morgan fingerprint density at radius 1 is 1.25 bits per heavy atom. The second-order valence-corrected chi connectivity index (χ2v) is 4.02. The van der Waals surface area contributed by atoms with Crippen molar-refractivity contribution in [2.24, 2.45) is 0 Å². The molecule has 2 aliphatic rings. The Kier molecular flexibility index (Phi) is 1.90. The first-order chi connectivity index (χ1) is 5.66. The zero-order chi connectivity index (χ0) is 8.66. The topological polar surface area (TPSA) is 38.7 Å². The summed E-state index contributed by atoms with van der Waals surface area (Å²) in [7, 11) is 0. The van der Waals surface area contributed by atoms with Crippen LogP contribution in [0.4, 0.5) is 0 Å². The van der Waals surface area contributed by atoms with Crippen LogP contribution in [0.2, 0.25) is 0 Å². The molecule has 2 rings (SSSR count). The van der Waals surface area contributed by atoms with Gasteiger partial charge in [0.2, 0.25) is 0 Å². The van der Waals surface area contributed by atoms with E-state index in [4.69, 9.17) is 9.47 Å². The summed E-state index contributed by atoms with van der Waals surface area (Å²) >= 11 is 0. The maximum absolute atomic E-state index is 10.1. The summed E-state index contributed by atoms with van der Waals surface area (Å²) in [4.78, 5) is 0. The molecular formula is C9H16O3. The van der Waals surface area contributed by atoms with Crippen LogP contribution in [0.25, 0.3) is 0 Å². The highest BCUT2D eigenvalue weighted by atomic mass is 16.5. The van der Waals surface area contributed by atoms with E-state index in [0.717, 1.165) is 32.5 Å². The van der Waals surface area contributed by atoms with E-state index in [1.54, 1.807) is 0 Å². The monoisotopic (exact) mass is 172 g/mol. The Hall–Kier alpha value is -0.120. The van der Waals surface area contributed by atoms with E-state index in [1.165, 1.54) is 0 Å². The molecule has 70 valence electrons. The Balaban J connectivity index is 2.19. The quantitative estimate of drug-likeness (QED) is 0.584. The average molecular weight is 172 g/mol. The van der Waals surface area contributed by atoms with E-state index in [0.29, 0.717) is 6.61 Å². The van der Waals surface area contributed by atoms with Crippen molar-refractivity contribution in [3.8, 4) is 0 Å². The summed E-state index contributed by atoms with van der Waals surface area (Å²) in [6.07, 6.45) is 2.87. The third kappa shape index (κ3) is 1.08. The molecule has 2 fully saturated rings. The van der Waals surface area contributed by atoms with Crippen LogP contribution in [0.3, 0.4) is 0 Å². The fraction of sp³-hybridized carbons (Fsp3) is 1.00. The summed E-state index contributed by atoms with van der Waals surface area (Å²) in [5, 5.41) is 10.1. The van der Waals surface area contributed by atoms with Gasteiger partial charge in [0.1, 0.15) is 11.2 Å². The van der Waals surface area contributed by atoms with Gasteiger partial charge in [-0.3, -0.25) is 0 Å². The lowest BCUT2D eigenvalue weighted by atomic mass is 9.78. The molecule has 0 bridgehead atoms. The van der Waals surface area contributed by atoms with E-state index in [1.807, 2.05) is 6.92 Å². The molecule has 0 unspecified atom stereocenters. The first-order valence-electron chi connectivity index (χ1n) is 4.60. The molecular weight excluding hydrogens is 156 g/mol. The van der Waals surface area contributed by atoms with Gasteiger partial charge in [-0.2, -0.15) is 0 Å². The molecule has 0 aromatic heterocycles. The molecule has 3 nitrogen and oxygen atoms in total. The van der Waals surface area contributed by atoms with Crippen molar-refractivity contribution in [1.29, 1.82) is 0 Å². The van der Waals surface area contributed by atoms with Gasteiger partial charge < -0.3 is 14.6 Å². The Labute approximate surface area is 72.7 Å². The number of aliphatic hydroxyl groups is 1. The van der Waals surface area contributed by atoms with Crippen molar-refractivity contribution in [2.75, 3.05) is 19.8 Å². The van der Waals surface area contributed by atoms with Crippen LogP contribution < -0.4 is 0 Å². The fourth-order valence-corrected chi connectivity index (χ4v) is 2.23. The van der Waals surface area contributed by atoms with Gasteiger partial charge in [0, 0.05) is 19.6 Å². The Morgan fingerprint density at radius 3 is 2.67 bits per heavy atom. The first-order valence-corrected chi connectivity index (χ1v) is 4.60. The number of rotatable bonds is 0. The summed E-state index contributed by atoms with van der Waals surface area (Å²) < 4.78 is 10.9. The van der Waals surface area contributed by atoms with E-state index in [2.05, 4.69) is 0 Å². The minimum atomic E-state index is -0.790. The molecule has 2 atom stereocenters. The highest BCUT2D eigenvalue weighted by Crippen LogP contribution is 2.41. The largest absolute Gasteiger partial charge is 0.385 e. The van der Waals surface area contributed by atoms with Gasteiger partial charge in [-0.05, 0) is 19.8 Å². The van der Waals surface area contributed by atoms with Crippen LogP contribution in [0, 0.1) is 0 Å². The van der Waals surface area contributed by atoms with E-state index in [-0.39, 0.29) is 5.60 Å². The molecule has 12 heavy (non-hydrogen) atoms. The lowest BCUT2D eigenvalue weighted by molar-refractivity contribution is -0.213. The van der Waals surface area contributed by atoms with Crippen LogP contribution in [0.15, 0.2) is 0 Å². The molecule has 0 aromatic carbocycles. The third-order valence-corrected chi connectivity index (χ3v) is 3.12. The van der Waals surface area contributed by atoms with Gasteiger partial charge in [-0.1, -0.05) is 0 Å². The number of hydrogen-bond acceptors (Lipinski definition) is 3. The maximum Gasteiger partial charge on any atom is 0.114 e. The van der Waals surface area contributed by atoms with E-state index < -0.39 is 5.60 Å². The Morgan fingerprint density at radius 2 is 2.08 bits per heavy atom. The zero-order valence-electron chi connectivity index (χ0n) is 7.51. The van der Waals surface area contributed by atoms with Gasteiger partial charge in [0.15, 0.2) is 0 Å². The lowest BCUT2D eigenvalue weighted by Gasteiger charge is -2.45. The second kappa shape index (κ2) is 2.69. The maximum atomic E-state index is 10.1. The molecule has 2 saturated heterocycles. The van der Waals surface area contributed by atoms with Gasteiger partial charge in [0.25, 0.3) is 0 Å². The van der Waals surface area contributed by atoms with Crippen molar-refractivity contribution in [3.05, 3.63) is 0 Å². The van der Waals surface area contributed by atoms with E-state index >= 15 is 0 Å². The molecule has 0 amide bonds. The van der Waals surface area contributed by atoms with Crippen LogP contribution in [-0.4, -0.2) is 36.1 Å². The summed E-state index contributed by atoms with van der Waals surface area (Å²) in [5.74, 6) is 0. The van der Waals surface area contributed by atoms with Crippen LogP contribution in [0.5, 0.6) is 0 Å². The van der Waals surface area contributed by atoms with Gasteiger partial charge in [-0.25, -0.2) is 0 Å². The second-order valence-electron chi connectivity index (χ2n) is 4.02. The predicted octanol–water partition coefficient (Wildman–Crippen LogP) is 0.707. The molecule has 1 spiro atoms. The third-order valence-electron chi connectivity index (χ3n) is 3.12. The number of ether oxygens (including phenoxy) is 2. The van der Waals surface area contributed by atoms with Crippen LogP contribution >= 0.6 is 0 Å². The van der Waals surface area contributed by atoms with Crippen LogP contribution in [-0.2, 0) is 9.47 Å². The Bertz CT molecular complexity index is 171. The van der Waals surface area contributed by atoms with Crippen molar-refractivity contribution < 1.29 is 14.6 Å². The molecule has 0 aromatic rings. The molecule has 2 aliphatic heterocycles. The molecule has 0 radical (unpaired) electrons. The summed E-state index contributed by atoms with van der Waals surface area (Å²) in [6, 6.07) is 0. The number of hydrogen-bond donors (Lipinski definition) is 1. The zero-order valence-corrected chi connectivity index (χ0v) is 7.51. The minimum absolute atomic E-state index is 0.300. The SMILES string of the molecule is C[C@]1(O)COCC[C@@]12CCCO2. The fourth-order valence-electron chi connectivity index (χ4n) is 2.23. The normalized spacial score (nSPS) is 48.5. The molecule has 1 N–H and O–H groups in total. The standard InChI is InChI=1S/C9H16O3/c1-8(10)7-11-6-4-9(8)3-2-5-12-9/h10H,2-7H2,1H3/t8-,9-/m0/s1. The van der Waals surface area contributed by atoms with Crippen molar-refractivity contribution in [2.45, 2.75) is 37.4 Å². The van der Waals surface area contributed by atoms with Gasteiger partial charge >= 0.3 is 0 Å². The van der Waals surface area contributed by atoms with Crippen molar-refractivity contribution >= 4 is 0 Å². The molecule has 3 heteroatoms. The first kappa shape index (κ1) is 8.48. The molecule has 2 heterocycles. The van der Waals surface area contributed by atoms with Crippen molar-refractivity contribution in [1.82, 2.24) is 0 Å². The highest BCUT2D eigenvalue weighted by molar-refractivity contribution is 5.02. The smallest absolute Gasteiger partial charge is 0.114 e. The summed E-state index contributed by atoms with van der Waals surface area (Å²) in [6.45, 7) is 3.73.